The van der Waals surface area contributed by atoms with Gasteiger partial charge < -0.3 is 20.9 Å². The zero-order valence-electron chi connectivity index (χ0n) is 12.2. The maximum absolute atomic E-state index is 5.61. The third-order valence-corrected chi connectivity index (χ3v) is 2.62. The van der Waals surface area contributed by atoms with Crippen LogP contribution in [0.2, 0.25) is 0 Å². The van der Waals surface area contributed by atoms with Gasteiger partial charge in [-0.2, -0.15) is 0 Å². The zero-order valence-corrected chi connectivity index (χ0v) is 12.2. The van der Waals surface area contributed by atoms with E-state index in [9.17, 15) is 0 Å². The number of methoxy groups -OCH3 is 2. The Morgan fingerprint density at radius 1 is 1.00 bits per heavy atom. The van der Waals surface area contributed by atoms with Crippen molar-refractivity contribution in [2.45, 2.75) is 13.8 Å². The van der Waals surface area contributed by atoms with Gasteiger partial charge in [0.1, 0.15) is 11.5 Å². The van der Waals surface area contributed by atoms with Crippen LogP contribution in [-0.2, 0) is 0 Å². The van der Waals surface area contributed by atoms with Gasteiger partial charge in [-0.25, -0.2) is 0 Å². The molecule has 0 saturated heterocycles. The van der Waals surface area contributed by atoms with E-state index in [1.54, 1.807) is 38.7 Å². The molecule has 0 aliphatic rings. The van der Waals surface area contributed by atoms with Crippen molar-refractivity contribution in [1.82, 2.24) is 9.97 Å². The lowest BCUT2D eigenvalue weighted by molar-refractivity contribution is 0.416. The Morgan fingerprint density at radius 3 is 2.15 bits per heavy atom. The standard InChI is InChI=1S/2C7H10N2O/c1-5-3-7(10-2)6(8)4-9-5;1-5-7(8)6(10-2)3-4-9-5/h2*3-4H,8H2,1-2H3. The van der Waals surface area contributed by atoms with E-state index >= 15 is 0 Å². The van der Waals surface area contributed by atoms with E-state index in [1.165, 1.54) is 0 Å². The Labute approximate surface area is 118 Å². The number of aryl methyl sites for hydroxylation is 2. The molecule has 0 bridgehead atoms. The molecule has 0 unspecified atom stereocenters. The number of nitrogen functional groups attached to an aromatic ring is 2. The second-order valence-corrected chi connectivity index (χ2v) is 4.08. The second-order valence-electron chi connectivity index (χ2n) is 4.08. The average molecular weight is 276 g/mol. The van der Waals surface area contributed by atoms with E-state index in [-0.39, 0.29) is 0 Å². The molecule has 0 aliphatic carbocycles. The van der Waals surface area contributed by atoms with Crippen LogP contribution < -0.4 is 20.9 Å². The van der Waals surface area contributed by atoms with Gasteiger partial charge in [-0.05, 0) is 13.8 Å². The number of rotatable bonds is 2. The smallest absolute Gasteiger partial charge is 0.145 e. The molecule has 6 nitrogen and oxygen atoms in total. The summed E-state index contributed by atoms with van der Waals surface area (Å²) in [4.78, 5) is 7.96. The van der Waals surface area contributed by atoms with Crippen molar-refractivity contribution < 1.29 is 9.47 Å². The largest absolute Gasteiger partial charge is 0.494 e. The monoisotopic (exact) mass is 276 g/mol. The second kappa shape index (κ2) is 7.18. The molecule has 0 saturated carbocycles. The summed E-state index contributed by atoms with van der Waals surface area (Å²) in [6, 6.07) is 3.54. The summed E-state index contributed by atoms with van der Waals surface area (Å²) in [7, 11) is 3.18. The summed E-state index contributed by atoms with van der Waals surface area (Å²) >= 11 is 0. The molecule has 0 aromatic carbocycles. The number of nitrogens with zero attached hydrogens (tertiary/aromatic N) is 2. The van der Waals surface area contributed by atoms with Crippen molar-refractivity contribution in [3.63, 3.8) is 0 Å². The van der Waals surface area contributed by atoms with E-state index in [0.29, 0.717) is 22.9 Å². The SMILES string of the molecule is COc1cc(C)ncc1N.COc1ccnc(C)c1N. The summed E-state index contributed by atoms with van der Waals surface area (Å²) in [5, 5.41) is 0. The zero-order chi connectivity index (χ0) is 15.1. The summed E-state index contributed by atoms with van der Waals surface area (Å²) < 4.78 is 9.92. The summed E-state index contributed by atoms with van der Waals surface area (Å²) in [6.07, 6.45) is 3.26. The fourth-order valence-corrected chi connectivity index (χ4v) is 1.45. The highest BCUT2D eigenvalue weighted by atomic mass is 16.5. The number of aromatic nitrogens is 2. The Bertz CT molecular complexity index is 571. The van der Waals surface area contributed by atoms with Gasteiger partial charge in [0, 0.05) is 24.0 Å². The van der Waals surface area contributed by atoms with Crippen LogP contribution in [0.25, 0.3) is 0 Å². The Hall–Kier alpha value is -2.50. The third-order valence-electron chi connectivity index (χ3n) is 2.62. The predicted octanol–water partition coefficient (Wildman–Crippen LogP) is 1.96. The molecule has 2 aromatic rings. The highest BCUT2D eigenvalue weighted by molar-refractivity contribution is 5.54. The normalized spacial score (nSPS) is 9.40. The van der Waals surface area contributed by atoms with Crippen LogP contribution in [0.5, 0.6) is 11.5 Å². The van der Waals surface area contributed by atoms with E-state index in [0.717, 1.165) is 11.4 Å². The van der Waals surface area contributed by atoms with Gasteiger partial charge in [0.15, 0.2) is 0 Å². The first-order valence-corrected chi connectivity index (χ1v) is 6.00. The molecule has 2 rings (SSSR count). The van der Waals surface area contributed by atoms with Gasteiger partial charge in [0.25, 0.3) is 0 Å². The average Bonchev–Trinajstić information content (AvgIpc) is 2.45. The van der Waals surface area contributed by atoms with Crippen molar-refractivity contribution in [1.29, 1.82) is 0 Å². The highest BCUT2D eigenvalue weighted by Crippen LogP contribution is 2.21. The molecule has 108 valence electrons. The summed E-state index contributed by atoms with van der Waals surface area (Å²) in [5.74, 6) is 1.38. The molecule has 2 aromatic heterocycles. The topological polar surface area (TPSA) is 96.3 Å². The maximum atomic E-state index is 5.61. The minimum atomic E-state index is 0.577. The fraction of sp³-hybridized carbons (Fsp3) is 0.286. The lowest BCUT2D eigenvalue weighted by Gasteiger charge is -2.04. The van der Waals surface area contributed by atoms with Crippen LogP contribution in [0.15, 0.2) is 24.5 Å². The van der Waals surface area contributed by atoms with Gasteiger partial charge in [-0.15, -0.1) is 0 Å². The number of pyridine rings is 2. The van der Waals surface area contributed by atoms with Gasteiger partial charge in [0.05, 0.1) is 37.5 Å². The quantitative estimate of drug-likeness (QED) is 0.870. The summed E-state index contributed by atoms with van der Waals surface area (Å²) in [5.41, 5.74) is 14.0. The van der Waals surface area contributed by atoms with Crippen molar-refractivity contribution in [2.24, 2.45) is 0 Å². The molecular weight excluding hydrogens is 256 g/mol. The minimum absolute atomic E-state index is 0.577. The van der Waals surface area contributed by atoms with Crippen molar-refractivity contribution >= 4 is 11.4 Å². The van der Waals surface area contributed by atoms with Gasteiger partial charge in [-0.3, -0.25) is 9.97 Å². The molecule has 0 atom stereocenters. The number of hydrogen-bond acceptors (Lipinski definition) is 6. The Kier molecular flexibility index (Phi) is 5.58. The molecule has 0 amide bonds. The van der Waals surface area contributed by atoms with E-state index < -0.39 is 0 Å². The number of nitrogens with two attached hydrogens (primary N) is 2. The molecule has 0 fully saturated rings. The van der Waals surface area contributed by atoms with E-state index in [1.807, 2.05) is 13.8 Å². The number of ether oxygens (including phenoxy) is 2. The molecular formula is C14H20N4O2. The van der Waals surface area contributed by atoms with Crippen LogP contribution >= 0.6 is 0 Å². The molecule has 2 heterocycles. The predicted molar refractivity (Wildman–Crippen MR) is 79.9 cm³/mol. The molecule has 0 aliphatic heterocycles. The van der Waals surface area contributed by atoms with Crippen LogP contribution in [0.3, 0.4) is 0 Å². The molecule has 0 spiro atoms. The Morgan fingerprint density at radius 2 is 1.65 bits per heavy atom. The number of hydrogen-bond donors (Lipinski definition) is 2. The van der Waals surface area contributed by atoms with Gasteiger partial charge >= 0.3 is 0 Å². The maximum Gasteiger partial charge on any atom is 0.145 e. The minimum Gasteiger partial charge on any atom is -0.494 e. The van der Waals surface area contributed by atoms with Crippen LogP contribution in [0.4, 0.5) is 11.4 Å². The van der Waals surface area contributed by atoms with Crippen LogP contribution in [0.1, 0.15) is 11.4 Å². The lowest BCUT2D eigenvalue weighted by atomic mass is 10.3. The summed E-state index contributed by atoms with van der Waals surface area (Å²) in [6.45, 7) is 3.74. The van der Waals surface area contributed by atoms with Gasteiger partial charge in [0.2, 0.25) is 0 Å². The first-order chi connectivity index (χ1) is 9.49. The van der Waals surface area contributed by atoms with Gasteiger partial charge in [-0.1, -0.05) is 0 Å². The molecule has 20 heavy (non-hydrogen) atoms. The van der Waals surface area contributed by atoms with E-state index in [4.69, 9.17) is 20.9 Å². The third kappa shape index (κ3) is 4.01. The Balaban J connectivity index is 0.000000200. The molecule has 4 N–H and O–H groups in total. The molecule has 0 radical (unpaired) electrons. The van der Waals surface area contributed by atoms with Crippen molar-refractivity contribution in [3.05, 3.63) is 35.9 Å². The van der Waals surface area contributed by atoms with Crippen LogP contribution in [-0.4, -0.2) is 24.2 Å². The number of anilines is 2. The first kappa shape index (κ1) is 15.6. The van der Waals surface area contributed by atoms with Crippen molar-refractivity contribution in [2.75, 3.05) is 25.7 Å². The first-order valence-electron chi connectivity index (χ1n) is 6.00. The highest BCUT2D eigenvalue weighted by Gasteiger charge is 2.00. The van der Waals surface area contributed by atoms with Crippen molar-refractivity contribution in [3.8, 4) is 11.5 Å². The van der Waals surface area contributed by atoms with Crippen LogP contribution in [0, 0.1) is 13.8 Å². The van der Waals surface area contributed by atoms with E-state index in [2.05, 4.69) is 9.97 Å². The fourth-order valence-electron chi connectivity index (χ4n) is 1.45. The lowest BCUT2D eigenvalue weighted by Crippen LogP contribution is -1.96. The molecule has 6 heteroatoms.